The minimum atomic E-state index is -3.75. The van der Waals surface area contributed by atoms with Crippen LogP contribution in [0.3, 0.4) is 0 Å². The van der Waals surface area contributed by atoms with Crippen LogP contribution in [0.25, 0.3) is 0 Å². The van der Waals surface area contributed by atoms with Crippen LogP contribution >= 0.6 is 0 Å². The van der Waals surface area contributed by atoms with E-state index < -0.39 is 23.0 Å². The first kappa shape index (κ1) is 16.1. The highest BCUT2D eigenvalue weighted by molar-refractivity contribution is 7.89. The second-order valence-corrected chi connectivity index (χ2v) is 6.61. The van der Waals surface area contributed by atoms with Gasteiger partial charge in [-0.1, -0.05) is 12.1 Å². The summed E-state index contributed by atoms with van der Waals surface area (Å²) in [4.78, 5) is 1.15. The summed E-state index contributed by atoms with van der Waals surface area (Å²) in [5.41, 5.74) is 0.181. The van der Waals surface area contributed by atoms with Gasteiger partial charge in [-0.15, -0.1) is 0 Å². The molecule has 0 radical (unpaired) electrons. The monoisotopic (exact) mass is 320 g/mol. The van der Waals surface area contributed by atoms with Crippen molar-refractivity contribution in [3.8, 4) is 0 Å². The predicted octanol–water partition coefficient (Wildman–Crippen LogP) is 1.19. The molecule has 1 saturated carbocycles. The number of hydrogen-bond acceptors (Lipinski definition) is 4. The van der Waals surface area contributed by atoms with E-state index in [4.69, 9.17) is 5.11 Å². The molecule has 1 aliphatic carbocycles. The number of nitrogens with zero attached hydrogens (tertiary/aromatic N) is 1. The number of para-hydroxylation sites is 1. The maximum Gasteiger partial charge on any atom is 0.255 e. The van der Waals surface area contributed by atoms with Crippen LogP contribution < -0.4 is 9.62 Å². The third-order valence-corrected chi connectivity index (χ3v) is 4.69. The average Bonchev–Trinajstić information content (AvgIpc) is 3.21. The second-order valence-electron chi connectivity index (χ2n) is 4.92. The van der Waals surface area contributed by atoms with Crippen LogP contribution in [-0.4, -0.2) is 45.7 Å². The molecule has 0 amide bonds. The van der Waals surface area contributed by atoms with E-state index in [0.29, 0.717) is 0 Å². The van der Waals surface area contributed by atoms with Gasteiger partial charge in [-0.25, -0.2) is 21.9 Å². The van der Waals surface area contributed by atoms with E-state index in [1.807, 2.05) is 0 Å². The van der Waals surface area contributed by atoms with E-state index in [0.717, 1.165) is 12.8 Å². The number of aliphatic hydroxyl groups excluding tert-OH is 1. The number of alkyl halides is 2. The number of hydrogen-bond donors (Lipinski definition) is 2. The van der Waals surface area contributed by atoms with Crippen molar-refractivity contribution in [2.24, 2.45) is 0 Å². The van der Waals surface area contributed by atoms with Crippen molar-refractivity contribution < 1.29 is 22.3 Å². The van der Waals surface area contributed by atoms with E-state index in [1.165, 1.54) is 17.0 Å². The summed E-state index contributed by atoms with van der Waals surface area (Å²) in [6, 6.07) is 5.92. The highest BCUT2D eigenvalue weighted by Gasteiger charge is 2.30. The topological polar surface area (TPSA) is 69.6 Å². The van der Waals surface area contributed by atoms with Crippen molar-refractivity contribution in [2.75, 3.05) is 24.6 Å². The number of sulfonamides is 1. The Morgan fingerprint density at radius 1 is 1.33 bits per heavy atom. The Kier molecular flexibility index (Phi) is 5.13. The van der Waals surface area contributed by atoms with Gasteiger partial charge in [0.05, 0.1) is 18.8 Å². The van der Waals surface area contributed by atoms with Crippen LogP contribution in [0.1, 0.15) is 12.8 Å². The van der Waals surface area contributed by atoms with Gasteiger partial charge in [-0.2, -0.15) is 0 Å². The highest BCUT2D eigenvalue weighted by Crippen LogP contribution is 2.28. The summed E-state index contributed by atoms with van der Waals surface area (Å²) < 4.78 is 52.5. The molecule has 118 valence electrons. The zero-order valence-corrected chi connectivity index (χ0v) is 12.2. The number of nitrogens with one attached hydrogen (secondary N) is 1. The molecular formula is C13H18F2N2O3S. The fourth-order valence-corrected chi connectivity index (χ4v) is 3.56. The second kappa shape index (κ2) is 6.67. The Bertz CT molecular complexity index is 577. The van der Waals surface area contributed by atoms with Gasteiger partial charge in [0.15, 0.2) is 0 Å². The van der Waals surface area contributed by atoms with Gasteiger partial charge in [0, 0.05) is 12.6 Å². The van der Waals surface area contributed by atoms with Gasteiger partial charge in [0.1, 0.15) is 4.90 Å². The first-order chi connectivity index (χ1) is 9.94. The van der Waals surface area contributed by atoms with Gasteiger partial charge >= 0.3 is 0 Å². The van der Waals surface area contributed by atoms with Crippen molar-refractivity contribution in [3.63, 3.8) is 0 Å². The van der Waals surface area contributed by atoms with Crippen LogP contribution in [0.4, 0.5) is 14.5 Å². The molecule has 2 N–H and O–H groups in total. The Morgan fingerprint density at radius 2 is 2.00 bits per heavy atom. The molecule has 0 aromatic heterocycles. The lowest BCUT2D eigenvalue weighted by molar-refractivity contribution is 0.152. The molecule has 0 unspecified atom stereocenters. The lowest BCUT2D eigenvalue weighted by Gasteiger charge is -2.25. The van der Waals surface area contributed by atoms with Crippen LogP contribution in [-0.2, 0) is 10.0 Å². The Hall–Kier alpha value is -1.25. The van der Waals surface area contributed by atoms with Crippen LogP contribution in [0.15, 0.2) is 29.2 Å². The fraction of sp³-hybridized carbons (Fsp3) is 0.538. The first-order valence-corrected chi connectivity index (χ1v) is 8.17. The molecule has 1 aromatic carbocycles. The fourth-order valence-electron chi connectivity index (χ4n) is 2.03. The van der Waals surface area contributed by atoms with Crippen molar-refractivity contribution in [3.05, 3.63) is 24.3 Å². The first-order valence-electron chi connectivity index (χ1n) is 6.69. The van der Waals surface area contributed by atoms with Gasteiger partial charge in [0.2, 0.25) is 10.0 Å². The van der Waals surface area contributed by atoms with Crippen LogP contribution in [0.2, 0.25) is 0 Å². The van der Waals surface area contributed by atoms with Crippen molar-refractivity contribution in [1.82, 2.24) is 4.72 Å². The van der Waals surface area contributed by atoms with Crippen molar-refractivity contribution >= 4 is 15.7 Å². The molecule has 8 heteroatoms. The number of rotatable bonds is 8. The zero-order chi connectivity index (χ0) is 15.5. The number of anilines is 1. The quantitative estimate of drug-likeness (QED) is 0.755. The lowest BCUT2D eigenvalue weighted by Crippen LogP contribution is -2.34. The van der Waals surface area contributed by atoms with Gasteiger partial charge in [-0.05, 0) is 25.0 Å². The van der Waals surface area contributed by atoms with E-state index in [9.17, 15) is 17.2 Å². The predicted molar refractivity (Wildman–Crippen MR) is 75.1 cm³/mol. The lowest BCUT2D eigenvalue weighted by atomic mass is 10.3. The third-order valence-electron chi connectivity index (χ3n) is 3.12. The largest absolute Gasteiger partial charge is 0.395 e. The summed E-state index contributed by atoms with van der Waals surface area (Å²) in [6.45, 7) is -1.02. The molecule has 2 rings (SSSR count). The molecule has 0 heterocycles. The van der Waals surface area contributed by atoms with E-state index in [1.54, 1.807) is 12.1 Å². The summed E-state index contributed by atoms with van der Waals surface area (Å²) in [7, 11) is -3.75. The van der Waals surface area contributed by atoms with Crippen molar-refractivity contribution in [2.45, 2.75) is 30.2 Å². The zero-order valence-electron chi connectivity index (χ0n) is 11.4. The van der Waals surface area contributed by atoms with Crippen LogP contribution in [0, 0.1) is 0 Å². The number of halogens is 2. The maximum absolute atomic E-state index is 12.7. The Labute approximate surface area is 122 Å². The van der Waals surface area contributed by atoms with Crippen LogP contribution in [0.5, 0.6) is 0 Å². The molecule has 1 aromatic rings. The SMILES string of the molecule is O=S(=O)(NC1CC1)c1ccccc1N(CCO)CC(F)F. The Morgan fingerprint density at radius 3 is 2.57 bits per heavy atom. The maximum atomic E-state index is 12.7. The molecule has 21 heavy (non-hydrogen) atoms. The molecule has 0 saturated heterocycles. The molecule has 0 spiro atoms. The number of aliphatic hydroxyl groups is 1. The third kappa shape index (κ3) is 4.36. The Balaban J connectivity index is 2.33. The van der Waals surface area contributed by atoms with Crippen molar-refractivity contribution in [1.29, 1.82) is 0 Å². The van der Waals surface area contributed by atoms with Gasteiger partial charge in [-0.3, -0.25) is 0 Å². The molecule has 0 aliphatic heterocycles. The average molecular weight is 320 g/mol. The van der Waals surface area contributed by atoms with E-state index >= 15 is 0 Å². The van der Waals surface area contributed by atoms with E-state index in [2.05, 4.69) is 4.72 Å². The summed E-state index contributed by atoms with van der Waals surface area (Å²) >= 11 is 0. The standard InChI is InChI=1S/C13H18F2N2O3S/c14-13(15)9-17(7-8-18)11-3-1-2-4-12(11)21(19,20)16-10-5-6-10/h1-4,10,13,16,18H,5-9H2. The number of benzene rings is 1. The smallest absolute Gasteiger partial charge is 0.255 e. The molecule has 5 nitrogen and oxygen atoms in total. The molecule has 0 atom stereocenters. The summed E-state index contributed by atoms with van der Waals surface area (Å²) in [5, 5.41) is 9.01. The summed E-state index contributed by atoms with van der Waals surface area (Å²) in [6.07, 6.45) is -1.04. The molecular weight excluding hydrogens is 302 g/mol. The summed E-state index contributed by atoms with van der Waals surface area (Å²) in [5.74, 6) is 0. The molecule has 0 bridgehead atoms. The highest BCUT2D eigenvalue weighted by atomic mass is 32.2. The molecule has 1 aliphatic rings. The van der Waals surface area contributed by atoms with Gasteiger partial charge in [0.25, 0.3) is 6.43 Å². The molecule has 1 fully saturated rings. The van der Waals surface area contributed by atoms with E-state index in [-0.39, 0.29) is 29.8 Å². The minimum Gasteiger partial charge on any atom is -0.395 e. The minimum absolute atomic E-state index is 0.0361. The van der Waals surface area contributed by atoms with Gasteiger partial charge < -0.3 is 10.0 Å². The normalized spacial score (nSPS) is 15.4.